The van der Waals surface area contributed by atoms with Gasteiger partial charge in [-0.3, -0.25) is 4.57 Å². The largest absolute Gasteiger partial charge is 0.296 e. The maximum atomic E-state index is 6.08. The first-order valence-electron chi connectivity index (χ1n) is 5.10. The second kappa shape index (κ2) is 4.44. The van der Waals surface area contributed by atoms with Gasteiger partial charge in [-0.15, -0.1) is 0 Å². The van der Waals surface area contributed by atoms with Gasteiger partial charge in [0.1, 0.15) is 17.7 Å². The molecule has 5 nitrogen and oxygen atoms in total. The summed E-state index contributed by atoms with van der Waals surface area (Å²) in [5.41, 5.74) is 2.22. The van der Waals surface area contributed by atoms with Gasteiger partial charge in [-0.2, -0.15) is 15.4 Å². The van der Waals surface area contributed by atoms with Crippen molar-refractivity contribution >= 4 is 23.2 Å². The number of hydrogen-bond acceptors (Lipinski definition) is 3. The third-order valence-electron chi connectivity index (χ3n) is 2.49. The molecular weight excluding hydrogens is 273 g/mol. The molecule has 0 unspecified atom stereocenters. The number of hydrogen-bond donors (Lipinski definition) is 1. The van der Waals surface area contributed by atoms with Gasteiger partial charge in [0.25, 0.3) is 0 Å². The number of aromatic amines is 1. The van der Waals surface area contributed by atoms with Crippen LogP contribution in [0.4, 0.5) is 0 Å². The molecule has 0 saturated carbocycles. The molecule has 3 aromatic rings. The smallest absolute Gasteiger partial charge is 0.157 e. The second-order valence-electron chi connectivity index (χ2n) is 3.59. The number of nitrogens with zero attached hydrogens (tertiary/aromatic N) is 4. The number of benzene rings is 1. The van der Waals surface area contributed by atoms with Crippen LogP contribution in [0.1, 0.15) is 0 Å². The summed E-state index contributed by atoms with van der Waals surface area (Å²) in [4.78, 5) is 4.09. The van der Waals surface area contributed by atoms with E-state index in [1.165, 1.54) is 0 Å². The highest BCUT2D eigenvalue weighted by Crippen LogP contribution is 2.27. The van der Waals surface area contributed by atoms with Crippen LogP contribution in [0.5, 0.6) is 0 Å². The van der Waals surface area contributed by atoms with E-state index in [0.29, 0.717) is 21.6 Å². The fourth-order valence-corrected chi connectivity index (χ4v) is 2.03. The van der Waals surface area contributed by atoms with Crippen molar-refractivity contribution in [2.75, 3.05) is 0 Å². The highest BCUT2D eigenvalue weighted by atomic mass is 35.5. The maximum absolute atomic E-state index is 6.08. The number of nitrogens with one attached hydrogen (secondary N) is 1. The Kier molecular flexibility index (Phi) is 2.77. The number of rotatable bonds is 2. The van der Waals surface area contributed by atoms with Gasteiger partial charge in [0, 0.05) is 10.7 Å². The van der Waals surface area contributed by atoms with Crippen molar-refractivity contribution in [1.29, 1.82) is 0 Å². The van der Waals surface area contributed by atoms with Crippen molar-refractivity contribution in [3.8, 4) is 17.1 Å². The molecule has 0 radical (unpaired) electrons. The maximum Gasteiger partial charge on any atom is 0.157 e. The Bertz CT molecular complexity index is 657. The Hall–Kier alpha value is -1.85. The minimum atomic E-state index is 0.374. The van der Waals surface area contributed by atoms with E-state index in [2.05, 4.69) is 20.4 Å². The summed E-state index contributed by atoms with van der Waals surface area (Å²) in [6, 6.07) is 7.36. The molecule has 0 fully saturated rings. The Morgan fingerprint density at radius 2 is 1.89 bits per heavy atom. The molecule has 90 valence electrons. The van der Waals surface area contributed by atoms with E-state index in [-0.39, 0.29) is 0 Å². The predicted octanol–water partition coefficient (Wildman–Crippen LogP) is 2.96. The van der Waals surface area contributed by atoms with E-state index >= 15 is 0 Å². The molecule has 0 aliphatic carbocycles. The molecule has 0 spiro atoms. The molecule has 7 heteroatoms. The Balaban J connectivity index is 2.16. The molecule has 0 saturated heterocycles. The van der Waals surface area contributed by atoms with Gasteiger partial charge >= 0.3 is 0 Å². The molecule has 0 bridgehead atoms. The van der Waals surface area contributed by atoms with Crippen LogP contribution in [-0.4, -0.2) is 25.0 Å². The number of halogens is 2. The van der Waals surface area contributed by atoms with Crippen LogP contribution in [0.25, 0.3) is 17.1 Å². The number of H-pyrrole nitrogens is 1. The zero-order valence-electron chi connectivity index (χ0n) is 9.01. The van der Waals surface area contributed by atoms with Crippen LogP contribution in [-0.2, 0) is 0 Å². The Morgan fingerprint density at radius 3 is 2.56 bits per heavy atom. The van der Waals surface area contributed by atoms with Gasteiger partial charge in [-0.05, 0) is 24.3 Å². The molecule has 2 aromatic heterocycles. The van der Waals surface area contributed by atoms with Crippen molar-refractivity contribution in [1.82, 2.24) is 25.0 Å². The molecule has 18 heavy (non-hydrogen) atoms. The van der Waals surface area contributed by atoms with E-state index in [1.54, 1.807) is 24.7 Å². The Labute approximate surface area is 112 Å². The summed E-state index contributed by atoms with van der Waals surface area (Å²) in [7, 11) is 0. The van der Waals surface area contributed by atoms with Crippen LogP contribution in [0.15, 0.2) is 36.8 Å². The molecule has 0 aliphatic heterocycles. The van der Waals surface area contributed by atoms with E-state index in [0.717, 1.165) is 5.69 Å². The van der Waals surface area contributed by atoms with Crippen molar-refractivity contribution in [2.24, 2.45) is 0 Å². The third kappa shape index (κ3) is 1.87. The lowest BCUT2D eigenvalue weighted by molar-refractivity contribution is 0.938. The van der Waals surface area contributed by atoms with E-state index in [9.17, 15) is 0 Å². The van der Waals surface area contributed by atoms with Crippen LogP contribution in [0.3, 0.4) is 0 Å². The summed E-state index contributed by atoms with van der Waals surface area (Å²) in [5, 5.41) is 11.4. The SMILES string of the molecule is Clc1ccc(-n2cnc(Cl)c2-c2cn[nH]n2)cc1. The Morgan fingerprint density at radius 1 is 1.11 bits per heavy atom. The van der Waals surface area contributed by atoms with Crippen molar-refractivity contribution < 1.29 is 0 Å². The lowest BCUT2D eigenvalue weighted by Gasteiger charge is -2.06. The van der Waals surface area contributed by atoms with Gasteiger partial charge < -0.3 is 0 Å². The molecule has 2 heterocycles. The quantitative estimate of drug-likeness (QED) is 0.785. The highest BCUT2D eigenvalue weighted by molar-refractivity contribution is 6.32. The summed E-state index contributed by atoms with van der Waals surface area (Å²) in [6.07, 6.45) is 3.23. The first kappa shape index (κ1) is 11.3. The molecule has 1 N–H and O–H groups in total. The summed E-state index contributed by atoms with van der Waals surface area (Å²) in [6.45, 7) is 0. The van der Waals surface area contributed by atoms with Crippen LogP contribution in [0, 0.1) is 0 Å². The normalized spacial score (nSPS) is 10.8. The van der Waals surface area contributed by atoms with Gasteiger partial charge in [-0.25, -0.2) is 4.98 Å². The summed E-state index contributed by atoms with van der Waals surface area (Å²) < 4.78 is 1.83. The molecular formula is C11H7Cl2N5. The van der Waals surface area contributed by atoms with Crippen LogP contribution < -0.4 is 0 Å². The fraction of sp³-hybridized carbons (Fsp3) is 0. The van der Waals surface area contributed by atoms with Gasteiger partial charge in [0.2, 0.25) is 0 Å². The van der Waals surface area contributed by atoms with Gasteiger partial charge in [0.05, 0.1) is 6.20 Å². The molecule has 1 aromatic carbocycles. The van der Waals surface area contributed by atoms with E-state index in [1.807, 2.05) is 16.7 Å². The average Bonchev–Trinajstić information content (AvgIpc) is 2.99. The monoisotopic (exact) mass is 279 g/mol. The zero-order valence-corrected chi connectivity index (χ0v) is 10.5. The zero-order chi connectivity index (χ0) is 12.5. The predicted molar refractivity (Wildman–Crippen MR) is 69.0 cm³/mol. The minimum absolute atomic E-state index is 0.374. The molecule has 0 aliphatic rings. The average molecular weight is 280 g/mol. The van der Waals surface area contributed by atoms with E-state index in [4.69, 9.17) is 23.2 Å². The van der Waals surface area contributed by atoms with Crippen molar-refractivity contribution in [2.45, 2.75) is 0 Å². The topological polar surface area (TPSA) is 59.4 Å². The first-order valence-corrected chi connectivity index (χ1v) is 5.86. The third-order valence-corrected chi connectivity index (χ3v) is 3.01. The number of imidazole rings is 1. The second-order valence-corrected chi connectivity index (χ2v) is 4.38. The fourth-order valence-electron chi connectivity index (χ4n) is 1.67. The highest BCUT2D eigenvalue weighted by Gasteiger charge is 2.15. The van der Waals surface area contributed by atoms with Gasteiger partial charge in [-0.1, -0.05) is 23.2 Å². The van der Waals surface area contributed by atoms with Crippen LogP contribution >= 0.6 is 23.2 Å². The van der Waals surface area contributed by atoms with Crippen LogP contribution in [0.2, 0.25) is 10.2 Å². The first-order chi connectivity index (χ1) is 8.75. The lowest BCUT2D eigenvalue weighted by Crippen LogP contribution is -1.95. The van der Waals surface area contributed by atoms with Gasteiger partial charge in [0.15, 0.2) is 5.15 Å². The van der Waals surface area contributed by atoms with Crippen molar-refractivity contribution in [3.05, 3.63) is 47.0 Å². The number of aromatic nitrogens is 5. The molecule has 0 atom stereocenters. The molecule has 0 amide bonds. The van der Waals surface area contributed by atoms with Crippen molar-refractivity contribution in [3.63, 3.8) is 0 Å². The summed E-state index contributed by atoms with van der Waals surface area (Å²) in [5.74, 6) is 0. The standard InChI is InChI=1S/C11H7Cl2N5/c12-7-1-3-8(4-2-7)18-6-14-11(13)10(18)9-5-15-17-16-9/h1-6H,(H,15,16,17). The molecule has 3 rings (SSSR count). The summed E-state index contributed by atoms with van der Waals surface area (Å²) >= 11 is 11.9. The minimum Gasteiger partial charge on any atom is -0.296 e. The lowest BCUT2D eigenvalue weighted by atomic mass is 10.3. The van der Waals surface area contributed by atoms with E-state index < -0.39 is 0 Å².